The number of likely N-dealkylation sites (N-methyl/N-ethyl adjacent to an activating group) is 1. The molecule has 3 aromatic carbocycles. The van der Waals surface area contributed by atoms with E-state index in [1.165, 1.54) is 0 Å². The largest absolute Gasteiger partial charge is 0.461 e. The Morgan fingerprint density at radius 1 is 0.857 bits per heavy atom. The highest BCUT2D eigenvalue weighted by Gasteiger charge is 2.42. The molecule has 0 heterocycles. The van der Waals surface area contributed by atoms with Crippen LogP contribution in [0, 0.1) is 0 Å². The fourth-order valence-electron chi connectivity index (χ4n) is 3.24. The summed E-state index contributed by atoms with van der Waals surface area (Å²) in [5.74, 6) is -0.687. The second-order valence-electron chi connectivity index (χ2n) is 6.93. The maximum Gasteiger partial charge on any atom is 0.347 e. The molecule has 0 amide bonds. The first-order chi connectivity index (χ1) is 13.5. The lowest BCUT2D eigenvalue weighted by molar-refractivity contribution is -0.163. The van der Waals surface area contributed by atoms with E-state index in [0.29, 0.717) is 11.1 Å². The normalized spacial score (nSPS) is 12.6. The molecule has 4 heteroatoms. The Balaban J connectivity index is 1.88. The predicted molar refractivity (Wildman–Crippen MR) is 110 cm³/mol. The summed E-state index contributed by atoms with van der Waals surface area (Å²) >= 11 is 0. The zero-order chi connectivity index (χ0) is 20.0. The molecule has 1 N–H and O–H groups in total. The van der Waals surface area contributed by atoms with Gasteiger partial charge in [0, 0.05) is 0 Å². The number of ether oxygens (including phenoxy) is 1. The van der Waals surface area contributed by atoms with Crippen molar-refractivity contribution in [1.29, 1.82) is 0 Å². The van der Waals surface area contributed by atoms with Crippen molar-refractivity contribution in [2.24, 2.45) is 0 Å². The Bertz CT molecular complexity index is 840. The van der Waals surface area contributed by atoms with Gasteiger partial charge in [-0.05, 0) is 30.8 Å². The van der Waals surface area contributed by atoms with Gasteiger partial charge in [-0.1, -0.05) is 91.0 Å². The van der Waals surface area contributed by atoms with Crippen LogP contribution in [0.15, 0.2) is 91.0 Å². The number of esters is 1. The number of hydrogen-bond donors (Lipinski definition) is 1. The van der Waals surface area contributed by atoms with Crippen molar-refractivity contribution in [2.75, 3.05) is 20.7 Å². The van der Waals surface area contributed by atoms with Gasteiger partial charge in [0.1, 0.15) is 6.61 Å². The van der Waals surface area contributed by atoms with Crippen LogP contribution in [-0.4, -0.2) is 36.7 Å². The lowest BCUT2D eigenvalue weighted by Gasteiger charge is -2.30. The molecule has 0 radical (unpaired) electrons. The molecule has 1 atom stereocenters. The minimum atomic E-state index is -1.87. The number of hydrogen-bond acceptors (Lipinski definition) is 4. The third-order valence-corrected chi connectivity index (χ3v) is 4.86. The van der Waals surface area contributed by atoms with Crippen LogP contribution >= 0.6 is 0 Å². The van der Waals surface area contributed by atoms with E-state index < -0.39 is 11.6 Å². The number of aliphatic hydroxyl groups is 1. The second-order valence-corrected chi connectivity index (χ2v) is 6.93. The van der Waals surface area contributed by atoms with Gasteiger partial charge in [0.05, 0.1) is 6.04 Å². The Labute approximate surface area is 166 Å². The summed E-state index contributed by atoms with van der Waals surface area (Å²) < 4.78 is 5.66. The van der Waals surface area contributed by atoms with Crippen molar-refractivity contribution in [2.45, 2.75) is 11.6 Å². The van der Waals surface area contributed by atoms with E-state index in [1.807, 2.05) is 61.5 Å². The molecule has 0 saturated carbocycles. The molecule has 1 unspecified atom stereocenters. The molecule has 0 aliphatic rings. The average molecular weight is 375 g/mol. The van der Waals surface area contributed by atoms with Crippen molar-refractivity contribution in [3.63, 3.8) is 0 Å². The van der Waals surface area contributed by atoms with Gasteiger partial charge in [-0.15, -0.1) is 0 Å². The lowest BCUT2D eigenvalue weighted by atomic mass is 9.86. The van der Waals surface area contributed by atoms with E-state index in [-0.39, 0.29) is 12.6 Å². The minimum absolute atomic E-state index is 0.110. The molecule has 3 rings (SSSR count). The molecular formula is C24H25NO3. The van der Waals surface area contributed by atoms with Crippen molar-refractivity contribution >= 4 is 5.97 Å². The van der Waals surface area contributed by atoms with Crippen LogP contribution in [-0.2, 0) is 15.1 Å². The van der Waals surface area contributed by atoms with E-state index in [2.05, 4.69) is 0 Å². The fraction of sp³-hybridized carbons (Fsp3) is 0.208. The van der Waals surface area contributed by atoms with Crippen LogP contribution in [0.2, 0.25) is 0 Å². The molecule has 0 saturated heterocycles. The van der Waals surface area contributed by atoms with Crippen molar-refractivity contribution in [1.82, 2.24) is 4.90 Å². The van der Waals surface area contributed by atoms with E-state index in [4.69, 9.17) is 4.74 Å². The second kappa shape index (κ2) is 8.83. The third-order valence-electron chi connectivity index (χ3n) is 4.86. The Morgan fingerprint density at radius 3 is 1.71 bits per heavy atom. The molecule has 144 valence electrons. The summed E-state index contributed by atoms with van der Waals surface area (Å²) in [7, 11) is 3.87. The van der Waals surface area contributed by atoms with Crippen LogP contribution in [0.1, 0.15) is 22.7 Å². The topological polar surface area (TPSA) is 49.8 Å². The Hall–Kier alpha value is -2.95. The first-order valence-corrected chi connectivity index (χ1v) is 9.25. The monoisotopic (exact) mass is 375 g/mol. The molecule has 4 nitrogen and oxygen atoms in total. The molecular weight excluding hydrogens is 350 g/mol. The van der Waals surface area contributed by atoms with Crippen LogP contribution in [0.5, 0.6) is 0 Å². The minimum Gasteiger partial charge on any atom is -0.461 e. The van der Waals surface area contributed by atoms with Crippen LogP contribution in [0.4, 0.5) is 0 Å². The first kappa shape index (κ1) is 19.8. The van der Waals surface area contributed by atoms with Gasteiger partial charge < -0.3 is 9.84 Å². The number of rotatable bonds is 7. The van der Waals surface area contributed by atoms with Gasteiger partial charge in [0.15, 0.2) is 0 Å². The zero-order valence-corrected chi connectivity index (χ0v) is 16.2. The Kier molecular flexibility index (Phi) is 6.24. The highest BCUT2D eigenvalue weighted by atomic mass is 16.6. The summed E-state index contributed by atoms with van der Waals surface area (Å²) in [6, 6.07) is 27.5. The van der Waals surface area contributed by atoms with Gasteiger partial charge in [-0.25, -0.2) is 4.79 Å². The van der Waals surface area contributed by atoms with Gasteiger partial charge in [0.25, 0.3) is 0 Å². The standard InChI is InChI=1S/C24H25NO3/c1-25(2)22(19-12-6-3-7-13-19)18-28-23(26)24(27,20-14-8-4-9-15-20)21-16-10-5-11-17-21/h3-17,22,27H,18H2,1-2H3. The molecule has 0 aliphatic carbocycles. The third kappa shape index (κ3) is 4.14. The fourth-order valence-corrected chi connectivity index (χ4v) is 3.24. The number of nitrogens with zero attached hydrogens (tertiary/aromatic N) is 1. The SMILES string of the molecule is CN(C)C(COC(=O)C(O)(c1ccccc1)c1ccccc1)c1ccccc1. The van der Waals surface area contributed by atoms with Crippen molar-refractivity contribution in [3.05, 3.63) is 108 Å². The predicted octanol–water partition coefficient (Wildman–Crippen LogP) is 3.77. The van der Waals surface area contributed by atoms with Gasteiger partial charge in [-0.2, -0.15) is 0 Å². The highest BCUT2D eigenvalue weighted by molar-refractivity contribution is 5.85. The summed E-state index contributed by atoms with van der Waals surface area (Å²) in [5, 5.41) is 11.5. The average Bonchev–Trinajstić information content (AvgIpc) is 2.75. The zero-order valence-electron chi connectivity index (χ0n) is 16.2. The summed E-state index contributed by atoms with van der Waals surface area (Å²) in [4.78, 5) is 15.1. The maximum absolute atomic E-state index is 13.1. The van der Waals surface area contributed by atoms with Crippen LogP contribution < -0.4 is 0 Å². The molecule has 28 heavy (non-hydrogen) atoms. The number of benzene rings is 3. The van der Waals surface area contributed by atoms with Crippen LogP contribution in [0.3, 0.4) is 0 Å². The molecule has 3 aromatic rings. The van der Waals surface area contributed by atoms with Crippen LogP contribution in [0.25, 0.3) is 0 Å². The summed E-state index contributed by atoms with van der Waals surface area (Å²) in [5.41, 5.74) is 0.138. The number of carbonyl (C=O) groups excluding carboxylic acids is 1. The van der Waals surface area contributed by atoms with E-state index in [0.717, 1.165) is 5.56 Å². The summed E-state index contributed by atoms with van der Waals surface area (Å²) in [6.07, 6.45) is 0. The first-order valence-electron chi connectivity index (χ1n) is 9.25. The van der Waals surface area contributed by atoms with Gasteiger partial charge in [0.2, 0.25) is 5.60 Å². The molecule has 0 bridgehead atoms. The quantitative estimate of drug-likeness (QED) is 0.639. The lowest BCUT2D eigenvalue weighted by Crippen LogP contribution is -2.40. The van der Waals surface area contributed by atoms with E-state index >= 15 is 0 Å². The molecule has 0 aromatic heterocycles. The Morgan fingerprint density at radius 2 is 1.29 bits per heavy atom. The van der Waals surface area contributed by atoms with Crippen molar-refractivity contribution < 1.29 is 14.6 Å². The highest BCUT2D eigenvalue weighted by Crippen LogP contribution is 2.31. The molecule has 0 spiro atoms. The smallest absolute Gasteiger partial charge is 0.347 e. The molecule has 0 fully saturated rings. The van der Waals surface area contributed by atoms with Gasteiger partial charge in [-0.3, -0.25) is 4.90 Å². The van der Waals surface area contributed by atoms with E-state index in [9.17, 15) is 9.90 Å². The number of carbonyl (C=O) groups is 1. The maximum atomic E-state index is 13.1. The van der Waals surface area contributed by atoms with E-state index in [1.54, 1.807) is 48.5 Å². The van der Waals surface area contributed by atoms with Gasteiger partial charge >= 0.3 is 5.97 Å². The van der Waals surface area contributed by atoms with Crippen molar-refractivity contribution in [3.8, 4) is 0 Å². The summed E-state index contributed by atoms with van der Waals surface area (Å²) in [6.45, 7) is 0.137. The molecule has 0 aliphatic heterocycles.